The number of nitrogens with zero attached hydrogens (tertiary/aromatic N) is 2. The Balaban J connectivity index is 2.58. The molecule has 0 amide bonds. The minimum absolute atomic E-state index is 0.363. The van der Waals surface area contributed by atoms with Gasteiger partial charge in [-0.25, -0.2) is 0 Å². The molecule has 0 saturated carbocycles. The maximum absolute atomic E-state index is 12.7. The molecule has 2 rings (SSSR count). The Kier molecular flexibility index (Phi) is 3.26. The van der Waals surface area contributed by atoms with Crippen molar-refractivity contribution in [1.29, 1.82) is 5.26 Å². The van der Waals surface area contributed by atoms with Crippen LogP contribution in [0.15, 0.2) is 36.5 Å². The number of nitriles is 1. The molecular weight excluding hydrogens is 253 g/mol. The monoisotopic (exact) mass is 262 g/mol. The molecule has 1 aromatic heterocycles. The molecule has 0 saturated heterocycles. The van der Waals surface area contributed by atoms with Crippen LogP contribution in [0.4, 0.5) is 13.2 Å². The zero-order chi connectivity index (χ0) is 14.0. The Bertz CT molecular complexity index is 654. The summed E-state index contributed by atoms with van der Waals surface area (Å²) in [5.41, 5.74) is 1.06. The predicted octanol–water partition coefficient (Wildman–Crippen LogP) is 3.95. The number of pyridine rings is 1. The van der Waals surface area contributed by atoms with E-state index >= 15 is 0 Å². The number of benzene rings is 1. The van der Waals surface area contributed by atoms with Gasteiger partial charge >= 0.3 is 6.18 Å². The van der Waals surface area contributed by atoms with Gasteiger partial charge in [0.05, 0.1) is 22.9 Å². The summed E-state index contributed by atoms with van der Waals surface area (Å²) in [5.74, 6) is 0. The topological polar surface area (TPSA) is 36.7 Å². The van der Waals surface area contributed by atoms with Crippen LogP contribution in [0.2, 0.25) is 0 Å². The van der Waals surface area contributed by atoms with Crippen LogP contribution in [-0.2, 0) is 6.18 Å². The molecule has 19 heavy (non-hydrogen) atoms. The maximum atomic E-state index is 12.7. The van der Waals surface area contributed by atoms with Crippen LogP contribution in [-0.4, -0.2) is 4.98 Å². The Morgan fingerprint density at radius 2 is 1.89 bits per heavy atom. The lowest BCUT2D eigenvalue weighted by atomic mass is 10.0. The number of alkyl halides is 3. The van der Waals surface area contributed by atoms with E-state index in [1.54, 1.807) is 6.92 Å². The molecular formula is C14H9F3N2. The van der Waals surface area contributed by atoms with E-state index in [0.717, 1.165) is 12.1 Å². The van der Waals surface area contributed by atoms with E-state index in [4.69, 9.17) is 5.26 Å². The number of aromatic nitrogens is 1. The third kappa shape index (κ3) is 2.74. The Morgan fingerprint density at radius 1 is 1.16 bits per heavy atom. The highest BCUT2D eigenvalue weighted by Gasteiger charge is 2.30. The summed E-state index contributed by atoms with van der Waals surface area (Å²) in [6, 6.07) is 8.41. The fourth-order valence-corrected chi connectivity index (χ4v) is 1.72. The highest BCUT2D eigenvalue weighted by Crippen LogP contribution is 2.33. The maximum Gasteiger partial charge on any atom is 0.416 e. The van der Waals surface area contributed by atoms with Gasteiger partial charge in [0, 0.05) is 11.8 Å². The van der Waals surface area contributed by atoms with Crippen LogP contribution in [0.5, 0.6) is 0 Å². The van der Waals surface area contributed by atoms with Crippen molar-refractivity contribution in [3.63, 3.8) is 0 Å². The van der Waals surface area contributed by atoms with Crippen molar-refractivity contribution in [3.8, 4) is 17.3 Å². The first-order valence-electron chi connectivity index (χ1n) is 5.46. The van der Waals surface area contributed by atoms with Crippen molar-refractivity contribution in [2.24, 2.45) is 0 Å². The van der Waals surface area contributed by atoms with Crippen LogP contribution in [0, 0.1) is 18.3 Å². The molecule has 0 atom stereocenters. The largest absolute Gasteiger partial charge is 0.416 e. The van der Waals surface area contributed by atoms with Gasteiger partial charge in [0.2, 0.25) is 0 Å². The average Bonchev–Trinajstić information content (AvgIpc) is 2.38. The lowest BCUT2D eigenvalue weighted by Crippen LogP contribution is -2.05. The molecule has 2 aromatic rings. The average molecular weight is 262 g/mol. The summed E-state index contributed by atoms with van der Waals surface area (Å²) in [5, 5.41) is 8.80. The van der Waals surface area contributed by atoms with E-state index in [-0.39, 0.29) is 0 Å². The van der Waals surface area contributed by atoms with Gasteiger partial charge in [0.15, 0.2) is 0 Å². The van der Waals surface area contributed by atoms with Crippen molar-refractivity contribution in [1.82, 2.24) is 4.98 Å². The lowest BCUT2D eigenvalue weighted by Gasteiger charge is -2.11. The molecule has 0 N–H and O–H groups in total. The number of aryl methyl sites for hydroxylation is 1. The molecule has 2 nitrogen and oxygen atoms in total. The van der Waals surface area contributed by atoms with Crippen molar-refractivity contribution in [2.75, 3.05) is 0 Å². The Morgan fingerprint density at radius 3 is 2.53 bits per heavy atom. The van der Waals surface area contributed by atoms with Crippen molar-refractivity contribution in [3.05, 3.63) is 53.2 Å². The van der Waals surface area contributed by atoms with Crippen LogP contribution < -0.4 is 0 Å². The second-order valence-electron chi connectivity index (χ2n) is 4.07. The quantitative estimate of drug-likeness (QED) is 0.780. The highest BCUT2D eigenvalue weighted by atomic mass is 19.4. The molecule has 0 unspecified atom stereocenters. The van der Waals surface area contributed by atoms with E-state index in [2.05, 4.69) is 4.98 Å². The molecule has 0 spiro atoms. The van der Waals surface area contributed by atoms with Gasteiger partial charge in [0.25, 0.3) is 0 Å². The van der Waals surface area contributed by atoms with Gasteiger partial charge in [-0.2, -0.15) is 18.4 Å². The van der Waals surface area contributed by atoms with Crippen LogP contribution in [0.3, 0.4) is 0 Å². The second-order valence-corrected chi connectivity index (χ2v) is 4.07. The third-order valence-corrected chi connectivity index (χ3v) is 2.73. The molecule has 5 heteroatoms. The molecule has 0 aliphatic heterocycles. The standard InChI is InChI=1S/C14H9F3N2/c1-9-2-3-11(14(15,16)17)7-12(9)13-6-10(8-18)4-5-19-13/h2-7H,1H3. The molecule has 1 heterocycles. The number of halogens is 3. The molecule has 0 aliphatic carbocycles. The lowest BCUT2D eigenvalue weighted by molar-refractivity contribution is -0.137. The van der Waals surface area contributed by atoms with Crippen molar-refractivity contribution < 1.29 is 13.2 Å². The highest BCUT2D eigenvalue weighted by molar-refractivity contribution is 5.65. The van der Waals surface area contributed by atoms with E-state index in [9.17, 15) is 13.2 Å². The summed E-state index contributed by atoms with van der Waals surface area (Å²) in [6.07, 6.45) is -2.98. The normalized spacial score (nSPS) is 11.1. The fraction of sp³-hybridized carbons (Fsp3) is 0.143. The van der Waals surface area contributed by atoms with E-state index < -0.39 is 11.7 Å². The van der Waals surface area contributed by atoms with Crippen LogP contribution >= 0.6 is 0 Å². The molecule has 0 aliphatic rings. The third-order valence-electron chi connectivity index (χ3n) is 2.73. The van der Waals surface area contributed by atoms with E-state index in [1.807, 2.05) is 6.07 Å². The molecule has 0 radical (unpaired) electrons. The summed E-state index contributed by atoms with van der Waals surface area (Å²) in [6.45, 7) is 1.70. The van der Waals surface area contributed by atoms with Gasteiger partial charge < -0.3 is 0 Å². The van der Waals surface area contributed by atoms with E-state index in [1.165, 1.54) is 24.4 Å². The molecule has 1 aromatic carbocycles. The van der Waals surface area contributed by atoms with Gasteiger partial charge in [-0.15, -0.1) is 0 Å². The fourth-order valence-electron chi connectivity index (χ4n) is 1.72. The van der Waals surface area contributed by atoms with Crippen molar-refractivity contribution in [2.45, 2.75) is 13.1 Å². The van der Waals surface area contributed by atoms with Gasteiger partial charge in [-0.05, 0) is 36.8 Å². The minimum atomic E-state index is -4.39. The Labute approximate surface area is 108 Å². The zero-order valence-corrected chi connectivity index (χ0v) is 9.99. The van der Waals surface area contributed by atoms with Gasteiger partial charge in [-0.3, -0.25) is 4.98 Å². The molecule has 0 fully saturated rings. The zero-order valence-electron chi connectivity index (χ0n) is 9.99. The molecule has 0 bridgehead atoms. The summed E-state index contributed by atoms with van der Waals surface area (Å²) >= 11 is 0. The number of hydrogen-bond acceptors (Lipinski definition) is 2. The Hall–Kier alpha value is -2.35. The minimum Gasteiger partial charge on any atom is -0.256 e. The predicted molar refractivity (Wildman–Crippen MR) is 64.1 cm³/mol. The summed E-state index contributed by atoms with van der Waals surface area (Å²) in [7, 11) is 0. The van der Waals surface area contributed by atoms with E-state index in [0.29, 0.717) is 22.4 Å². The first-order valence-corrected chi connectivity index (χ1v) is 5.46. The smallest absolute Gasteiger partial charge is 0.256 e. The molecule has 96 valence electrons. The van der Waals surface area contributed by atoms with Crippen LogP contribution in [0.25, 0.3) is 11.3 Å². The summed E-state index contributed by atoms with van der Waals surface area (Å²) < 4.78 is 38.1. The summed E-state index contributed by atoms with van der Waals surface area (Å²) in [4.78, 5) is 4.02. The first-order chi connectivity index (χ1) is 8.91. The number of rotatable bonds is 1. The van der Waals surface area contributed by atoms with Crippen molar-refractivity contribution >= 4 is 0 Å². The van der Waals surface area contributed by atoms with Crippen LogP contribution in [0.1, 0.15) is 16.7 Å². The van der Waals surface area contributed by atoms with Gasteiger partial charge in [0.1, 0.15) is 0 Å². The SMILES string of the molecule is Cc1ccc(C(F)(F)F)cc1-c1cc(C#N)ccn1. The second kappa shape index (κ2) is 4.73. The van der Waals surface area contributed by atoms with Gasteiger partial charge in [-0.1, -0.05) is 6.07 Å². The number of hydrogen-bond donors (Lipinski definition) is 0. The first kappa shape index (κ1) is 13.1.